The van der Waals surface area contributed by atoms with Gasteiger partial charge in [-0.15, -0.1) is 0 Å². The fourth-order valence-corrected chi connectivity index (χ4v) is 5.02. The minimum atomic E-state index is -4.17. The molecule has 2 N–H and O–H groups in total. The first-order chi connectivity index (χ1) is 16.4. The summed E-state index contributed by atoms with van der Waals surface area (Å²) < 4.78 is 51.7. The third kappa shape index (κ3) is 7.11. The van der Waals surface area contributed by atoms with Gasteiger partial charge in [-0.2, -0.15) is 5.09 Å². The number of para-hydroxylation sites is 1. The van der Waals surface area contributed by atoms with Crippen LogP contribution in [-0.4, -0.2) is 46.0 Å². The van der Waals surface area contributed by atoms with Crippen LogP contribution in [-0.2, 0) is 23.4 Å². The molecule has 0 radical (unpaired) electrons. The van der Waals surface area contributed by atoms with Gasteiger partial charge in [-0.1, -0.05) is 18.2 Å². The first-order valence-corrected chi connectivity index (χ1v) is 12.6. The highest BCUT2D eigenvalue weighted by Crippen LogP contribution is 2.47. The lowest BCUT2D eigenvalue weighted by Crippen LogP contribution is -2.38. The van der Waals surface area contributed by atoms with Crippen molar-refractivity contribution < 1.29 is 32.3 Å². The Morgan fingerprint density at radius 1 is 1.29 bits per heavy atom. The topological polar surface area (TPSA) is 138 Å². The summed E-state index contributed by atoms with van der Waals surface area (Å²) in [5.74, 6) is -0.445. The zero-order valence-corrected chi connectivity index (χ0v) is 20.7. The smallest absolute Gasteiger partial charge is 0.459 e. The summed E-state index contributed by atoms with van der Waals surface area (Å²) in [6, 6.07) is 8.20. The fraction of sp³-hybridized carbons (Fsp3) is 0.500. The molecular formula is C22H29FN3O8P. The lowest BCUT2D eigenvalue weighted by Gasteiger charge is -2.24. The van der Waals surface area contributed by atoms with E-state index in [0.717, 1.165) is 16.8 Å². The number of nitrogens with one attached hydrogen (secondary N) is 2. The maximum atomic E-state index is 15.3. The molecule has 0 saturated carbocycles. The van der Waals surface area contributed by atoms with Crippen LogP contribution in [0.2, 0.25) is 0 Å². The van der Waals surface area contributed by atoms with Crippen molar-refractivity contribution in [3.8, 4) is 5.75 Å². The van der Waals surface area contributed by atoms with Gasteiger partial charge < -0.3 is 14.0 Å². The second-order valence-corrected chi connectivity index (χ2v) is 10.3. The van der Waals surface area contributed by atoms with Gasteiger partial charge in [-0.25, -0.2) is 13.8 Å². The van der Waals surface area contributed by atoms with E-state index in [9.17, 15) is 18.9 Å². The molecule has 1 aliphatic rings. The molecule has 5 atom stereocenters. The number of H-pyrrole nitrogens is 1. The van der Waals surface area contributed by atoms with Gasteiger partial charge in [0, 0.05) is 18.7 Å². The molecule has 0 aliphatic carbocycles. The van der Waals surface area contributed by atoms with Crippen molar-refractivity contribution in [1.29, 1.82) is 0 Å². The number of hydrogen-bond acceptors (Lipinski definition) is 8. The number of nitrogens with zero attached hydrogens (tertiary/aromatic N) is 1. The average molecular weight is 513 g/mol. The van der Waals surface area contributed by atoms with E-state index < -0.39 is 49.0 Å². The third-order valence-corrected chi connectivity index (χ3v) is 6.67. The van der Waals surface area contributed by atoms with E-state index >= 15 is 4.39 Å². The molecule has 192 valence electrons. The molecule has 11 nitrogen and oxygen atoms in total. The molecule has 3 unspecified atom stereocenters. The molecule has 13 heteroatoms. The van der Waals surface area contributed by atoms with Crippen LogP contribution in [0.5, 0.6) is 5.75 Å². The molecule has 2 heterocycles. The van der Waals surface area contributed by atoms with Crippen LogP contribution < -0.4 is 20.9 Å². The molecule has 0 spiro atoms. The monoisotopic (exact) mass is 513 g/mol. The van der Waals surface area contributed by atoms with Crippen LogP contribution in [0, 0.1) is 0 Å². The predicted molar refractivity (Wildman–Crippen MR) is 124 cm³/mol. The minimum absolute atomic E-state index is 0.195. The Labute approximate surface area is 201 Å². The van der Waals surface area contributed by atoms with E-state index in [1.54, 1.807) is 44.2 Å². The second-order valence-electron chi connectivity index (χ2n) is 8.64. The van der Waals surface area contributed by atoms with Gasteiger partial charge in [0.05, 0.1) is 18.8 Å². The van der Waals surface area contributed by atoms with Crippen molar-refractivity contribution >= 4 is 13.7 Å². The SMILES string of the molecule is CC(C)OC(=O)C(C)N[P@](=O)(OCC1C[C@@](C)(F)C(n2ccc(=O)[nH]c2=O)O1)Oc1ccccc1. The molecule has 1 saturated heterocycles. The van der Waals surface area contributed by atoms with Gasteiger partial charge in [0.2, 0.25) is 0 Å². The highest BCUT2D eigenvalue weighted by atomic mass is 31.2. The molecule has 3 rings (SSSR count). The van der Waals surface area contributed by atoms with Crippen molar-refractivity contribution in [2.45, 2.75) is 64.3 Å². The summed E-state index contributed by atoms with van der Waals surface area (Å²) in [6.45, 7) is 5.67. The standard InChI is InChI=1S/C22H29FN3O8P/c1-14(2)32-19(28)15(3)25-35(30,34-16-8-6-5-7-9-16)31-13-17-12-22(4,23)20(33-17)26-11-10-18(27)24-21(26)29/h5-11,14-15,17,20H,12-13H2,1-4H3,(H,25,30)(H,24,27,29)/t15?,17?,20?,22-,35+/m1/s1. The Bertz CT molecular complexity index is 1180. The van der Waals surface area contributed by atoms with Crippen LogP contribution in [0.25, 0.3) is 0 Å². The third-order valence-electron chi connectivity index (χ3n) is 5.02. The van der Waals surface area contributed by atoms with Crippen LogP contribution in [0.4, 0.5) is 4.39 Å². The van der Waals surface area contributed by atoms with Crippen LogP contribution in [0.1, 0.15) is 40.3 Å². The molecule has 1 aromatic heterocycles. The van der Waals surface area contributed by atoms with Gasteiger partial charge in [0.15, 0.2) is 11.9 Å². The number of esters is 1. The normalized spacial score (nSPS) is 24.6. The van der Waals surface area contributed by atoms with Crippen molar-refractivity contribution in [2.75, 3.05) is 6.61 Å². The molecular weight excluding hydrogens is 484 g/mol. The van der Waals surface area contributed by atoms with Gasteiger partial charge in [-0.3, -0.25) is 23.7 Å². The fourth-order valence-electron chi connectivity index (χ4n) is 3.50. The van der Waals surface area contributed by atoms with Gasteiger partial charge in [0.1, 0.15) is 11.8 Å². The Hall–Kier alpha value is -2.79. The zero-order chi connectivity index (χ0) is 25.8. The van der Waals surface area contributed by atoms with Crippen LogP contribution >= 0.6 is 7.75 Å². The maximum absolute atomic E-state index is 15.3. The number of alkyl halides is 1. The minimum Gasteiger partial charge on any atom is -0.462 e. The van der Waals surface area contributed by atoms with Crippen molar-refractivity contribution in [2.24, 2.45) is 0 Å². The maximum Gasteiger partial charge on any atom is 0.459 e. The quantitative estimate of drug-likeness (QED) is 0.363. The van der Waals surface area contributed by atoms with E-state index in [4.69, 9.17) is 18.5 Å². The molecule has 0 amide bonds. The van der Waals surface area contributed by atoms with Crippen molar-refractivity contribution in [1.82, 2.24) is 14.6 Å². The largest absolute Gasteiger partial charge is 0.462 e. The molecule has 35 heavy (non-hydrogen) atoms. The van der Waals surface area contributed by atoms with E-state index in [-0.39, 0.29) is 24.9 Å². The van der Waals surface area contributed by atoms with Gasteiger partial charge in [0.25, 0.3) is 5.56 Å². The summed E-state index contributed by atoms with van der Waals surface area (Å²) in [6.07, 6.45) is -1.70. The Balaban J connectivity index is 1.75. The number of aromatic nitrogens is 2. The summed E-state index contributed by atoms with van der Waals surface area (Å²) in [5, 5.41) is 2.54. The van der Waals surface area contributed by atoms with Crippen LogP contribution in [0.3, 0.4) is 0 Å². The Kier molecular flexibility index (Phi) is 8.32. The van der Waals surface area contributed by atoms with E-state index in [1.165, 1.54) is 13.8 Å². The van der Waals surface area contributed by atoms with E-state index in [0.29, 0.717) is 0 Å². The number of carbonyl (C=O) groups is 1. The second kappa shape index (κ2) is 10.9. The lowest BCUT2D eigenvalue weighted by atomic mass is 10.0. The number of ether oxygens (including phenoxy) is 2. The lowest BCUT2D eigenvalue weighted by molar-refractivity contribution is -0.149. The molecule has 1 fully saturated rings. The van der Waals surface area contributed by atoms with Gasteiger partial charge in [-0.05, 0) is 39.8 Å². The number of benzene rings is 1. The Morgan fingerprint density at radius 2 is 1.97 bits per heavy atom. The van der Waals surface area contributed by atoms with Crippen LogP contribution in [0.15, 0.2) is 52.2 Å². The van der Waals surface area contributed by atoms with Crippen molar-refractivity contribution in [3.05, 3.63) is 63.4 Å². The molecule has 0 bridgehead atoms. The highest BCUT2D eigenvalue weighted by molar-refractivity contribution is 7.52. The number of carbonyl (C=O) groups excluding carboxylic acids is 1. The van der Waals surface area contributed by atoms with Gasteiger partial charge >= 0.3 is 19.4 Å². The number of rotatable bonds is 10. The number of aromatic amines is 1. The summed E-state index contributed by atoms with van der Waals surface area (Å²) in [5.41, 5.74) is -3.45. The van der Waals surface area contributed by atoms with E-state index in [1.807, 2.05) is 0 Å². The summed E-state index contributed by atoms with van der Waals surface area (Å²) in [4.78, 5) is 37.7. The predicted octanol–water partition coefficient (Wildman–Crippen LogP) is 2.69. The van der Waals surface area contributed by atoms with Crippen molar-refractivity contribution in [3.63, 3.8) is 0 Å². The summed E-state index contributed by atoms with van der Waals surface area (Å²) in [7, 11) is -4.17. The van der Waals surface area contributed by atoms with E-state index in [2.05, 4.69) is 10.1 Å². The molecule has 1 aromatic carbocycles. The molecule has 1 aliphatic heterocycles. The number of hydrogen-bond donors (Lipinski definition) is 2. The first kappa shape index (κ1) is 26.8. The molecule has 2 aromatic rings. The zero-order valence-electron chi connectivity index (χ0n) is 19.8. The Morgan fingerprint density at radius 3 is 2.60 bits per heavy atom. The average Bonchev–Trinajstić information content (AvgIpc) is 3.06. The first-order valence-electron chi connectivity index (χ1n) is 11.0. The highest BCUT2D eigenvalue weighted by Gasteiger charge is 2.48. The number of halogens is 1. The summed E-state index contributed by atoms with van der Waals surface area (Å²) >= 11 is 0.